The zero-order valence-corrected chi connectivity index (χ0v) is 8.21. The van der Waals surface area contributed by atoms with Crippen molar-refractivity contribution in [1.29, 1.82) is 10.5 Å². The van der Waals surface area contributed by atoms with Crippen LogP contribution >= 0.6 is 0 Å². The minimum atomic E-state index is -0.532. The van der Waals surface area contributed by atoms with Gasteiger partial charge >= 0.3 is 23.0 Å². The lowest BCUT2D eigenvalue weighted by Gasteiger charge is -1.81. The highest BCUT2D eigenvalue weighted by atomic mass is 16.8. The Bertz CT molecular complexity index is 640. The van der Waals surface area contributed by atoms with Crippen molar-refractivity contribution in [3.8, 4) is 12.1 Å². The standard InChI is InChI=1S/C6N8O4/c7-1-3-5(11-17-13(3)15)9-10-6-4(2-8)14(16)18-12-6. The molecule has 0 aliphatic rings. The quantitative estimate of drug-likeness (QED) is 0.483. The SMILES string of the molecule is N#Cc1c(N=Nc2no[n+]([O-])c2C#N)no[n+]1[O-]. The Labute approximate surface area is 96.6 Å². The second-order valence-electron chi connectivity index (χ2n) is 2.63. The van der Waals surface area contributed by atoms with E-state index in [4.69, 9.17) is 10.5 Å². The van der Waals surface area contributed by atoms with E-state index in [-0.39, 0.29) is 9.81 Å². The van der Waals surface area contributed by atoms with E-state index in [9.17, 15) is 10.4 Å². The first-order chi connectivity index (χ1) is 8.67. The molecule has 0 fully saturated rings. The molecule has 0 aliphatic heterocycles. The van der Waals surface area contributed by atoms with E-state index in [1.165, 1.54) is 12.1 Å². The van der Waals surface area contributed by atoms with Gasteiger partial charge in [0.2, 0.25) is 0 Å². The summed E-state index contributed by atoms with van der Waals surface area (Å²) in [5.74, 6) is -0.839. The van der Waals surface area contributed by atoms with Crippen molar-refractivity contribution in [2.75, 3.05) is 0 Å². The van der Waals surface area contributed by atoms with Crippen molar-refractivity contribution in [2.45, 2.75) is 0 Å². The number of azo groups is 1. The third-order valence-corrected chi connectivity index (χ3v) is 1.64. The van der Waals surface area contributed by atoms with Crippen molar-refractivity contribution in [3.05, 3.63) is 21.8 Å². The van der Waals surface area contributed by atoms with E-state index >= 15 is 0 Å². The Morgan fingerprint density at radius 1 is 0.944 bits per heavy atom. The lowest BCUT2D eigenvalue weighted by molar-refractivity contribution is -0.804. The summed E-state index contributed by atoms with van der Waals surface area (Å²) in [6, 6.07) is 2.96. The number of nitrogens with zero attached hydrogens (tertiary/aromatic N) is 8. The molecule has 0 spiro atoms. The van der Waals surface area contributed by atoms with Gasteiger partial charge in [0.1, 0.15) is 0 Å². The van der Waals surface area contributed by atoms with Crippen LogP contribution < -0.4 is 9.81 Å². The van der Waals surface area contributed by atoms with Gasteiger partial charge in [-0.2, -0.15) is 10.5 Å². The van der Waals surface area contributed by atoms with Gasteiger partial charge in [0.05, 0.1) is 10.3 Å². The fourth-order valence-electron chi connectivity index (χ4n) is 0.891. The second kappa shape index (κ2) is 4.14. The molecular weight excluding hydrogens is 248 g/mol. The summed E-state index contributed by atoms with van der Waals surface area (Å²) < 4.78 is 8.19. The molecule has 2 aromatic heterocycles. The summed E-state index contributed by atoms with van der Waals surface area (Å²) in [5, 5.41) is 51.8. The summed E-state index contributed by atoms with van der Waals surface area (Å²) in [6.45, 7) is 0. The Hall–Kier alpha value is -3.54. The van der Waals surface area contributed by atoms with E-state index in [0.717, 1.165) is 0 Å². The molecule has 2 rings (SSSR count). The zero-order chi connectivity index (χ0) is 13.1. The topological polar surface area (TPSA) is 178 Å². The van der Waals surface area contributed by atoms with Crippen molar-refractivity contribution in [2.24, 2.45) is 10.2 Å². The molecule has 12 heteroatoms. The third kappa shape index (κ3) is 1.65. The van der Waals surface area contributed by atoms with Gasteiger partial charge in [-0.25, -0.2) is 0 Å². The van der Waals surface area contributed by atoms with Crippen LogP contribution in [0, 0.1) is 33.1 Å². The van der Waals surface area contributed by atoms with Gasteiger partial charge in [-0.1, -0.05) is 10.2 Å². The van der Waals surface area contributed by atoms with Crippen molar-refractivity contribution < 1.29 is 19.1 Å². The molecule has 0 aromatic carbocycles. The molecule has 2 aromatic rings. The van der Waals surface area contributed by atoms with Crippen LogP contribution in [-0.4, -0.2) is 10.3 Å². The fourth-order valence-corrected chi connectivity index (χ4v) is 0.891. The van der Waals surface area contributed by atoms with Crippen molar-refractivity contribution in [3.63, 3.8) is 0 Å². The molecule has 88 valence electrons. The summed E-state index contributed by atoms with van der Waals surface area (Å²) in [7, 11) is 0. The van der Waals surface area contributed by atoms with Crippen molar-refractivity contribution in [1.82, 2.24) is 10.3 Å². The third-order valence-electron chi connectivity index (χ3n) is 1.64. The largest absolute Gasteiger partial charge is 0.370 e. The van der Waals surface area contributed by atoms with Crippen LogP contribution in [0.5, 0.6) is 0 Å². The minimum Gasteiger partial charge on any atom is -0.358 e. The molecule has 0 unspecified atom stereocenters. The Morgan fingerprint density at radius 2 is 1.33 bits per heavy atom. The zero-order valence-electron chi connectivity index (χ0n) is 8.21. The Balaban J connectivity index is 2.37. The van der Waals surface area contributed by atoms with E-state index in [1.54, 1.807) is 0 Å². The summed E-state index contributed by atoms with van der Waals surface area (Å²) >= 11 is 0. The highest BCUT2D eigenvalue weighted by Gasteiger charge is 2.22. The predicted molar refractivity (Wildman–Crippen MR) is 44.5 cm³/mol. The van der Waals surface area contributed by atoms with Gasteiger partial charge in [-0.05, 0) is 9.81 Å². The lowest BCUT2D eigenvalue weighted by Crippen LogP contribution is -2.26. The predicted octanol–water partition coefficient (Wildman–Crippen LogP) is -0.912. The number of rotatable bonds is 2. The van der Waals surface area contributed by atoms with Gasteiger partial charge in [0, 0.05) is 0 Å². The number of hydrogen-bond donors (Lipinski definition) is 0. The highest BCUT2D eigenvalue weighted by Crippen LogP contribution is 2.17. The number of nitriles is 2. The first-order valence-electron chi connectivity index (χ1n) is 4.08. The molecule has 0 saturated carbocycles. The van der Waals surface area contributed by atoms with Gasteiger partial charge < -0.3 is 10.4 Å². The molecular formula is C6N8O4. The molecule has 2 heterocycles. The second-order valence-corrected chi connectivity index (χ2v) is 2.63. The average molecular weight is 248 g/mol. The number of aromatic nitrogens is 4. The average Bonchev–Trinajstić information content (AvgIpc) is 2.89. The molecule has 18 heavy (non-hydrogen) atoms. The van der Waals surface area contributed by atoms with Gasteiger partial charge in [-0.3, -0.25) is 9.26 Å². The summed E-state index contributed by atoms with van der Waals surface area (Å²) in [5.41, 5.74) is -1.06. The maximum absolute atomic E-state index is 10.8. The Morgan fingerprint density at radius 3 is 1.67 bits per heavy atom. The molecule has 0 saturated heterocycles. The van der Waals surface area contributed by atoms with Gasteiger partial charge in [0.25, 0.3) is 0 Å². The monoisotopic (exact) mass is 248 g/mol. The first-order valence-corrected chi connectivity index (χ1v) is 4.08. The summed E-state index contributed by atoms with van der Waals surface area (Å²) in [4.78, 5) is -0.341. The van der Waals surface area contributed by atoms with Crippen LogP contribution in [0.1, 0.15) is 11.4 Å². The maximum Gasteiger partial charge on any atom is 0.370 e. The number of hydrogen-bond acceptors (Lipinski definition) is 10. The smallest absolute Gasteiger partial charge is 0.358 e. The molecule has 0 N–H and O–H groups in total. The molecule has 0 radical (unpaired) electrons. The molecule has 12 nitrogen and oxygen atoms in total. The van der Waals surface area contributed by atoms with Crippen LogP contribution in [0.4, 0.5) is 11.6 Å². The van der Waals surface area contributed by atoms with E-state index in [2.05, 4.69) is 29.8 Å². The van der Waals surface area contributed by atoms with Crippen LogP contribution in [0.2, 0.25) is 0 Å². The van der Waals surface area contributed by atoms with Crippen molar-refractivity contribution >= 4 is 11.6 Å². The lowest BCUT2D eigenvalue weighted by atomic mass is 10.5. The normalized spacial score (nSPS) is 10.3. The fraction of sp³-hybridized carbons (Fsp3) is 0. The van der Waals surface area contributed by atoms with E-state index < -0.39 is 23.0 Å². The first kappa shape index (κ1) is 11.0. The molecule has 0 bridgehead atoms. The van der Waals surface area contributed by atoms with Crippen LogP contribution in [0.15, 0.2) is 19.5 Å². The highest BCUT2D eigenvalue weighted by molar-refractivity contribution is 5.40. The molecule has 0 atom stereocenters. The van der Waals surface area contributed by atoms with Gasteiger partial charge in [-0.15, -0.1) is 0 Å². The summed E-state index contributed by atoms with van der Waals surface area (Å²) in [6.07, 6.45) is 0. The Kier molecular flexibility index (Phi) is 2.52. The van der Waals surface area contributed by atoms with E-state index in [1.807, 2.05) is 0 Å². The molecule has 0 aliphatic carbocycles. The minimum absolute atomic E-state index is 0.171. The van der Waals surface area contributed by atoms with Crippen LogP contribution in [0.25, 0.3) is 0 Å². The van der Waals surface area contributed by atoms with Crippen LogP contribution in [0.3, 0.4) is 0 Å². The van der Waals surface area contributed by atoms with E-state index in [0.29, 0.717) is 0 Å². The maximum atomic E-state index is 10.8. The molecule has 0 amide bonds. The van der Waals surface area contributed by atoms with Crippen LogP contribution in [-0.2, 0) is 0 Å². The van der Waals surface area contributed by atoms with Gasteiger partial charge in [0.15, 0.2) is 12.1 Å².